The minimum Gasteiger partial charge on any atom is -0.309 e. The van der Waals surface area contributed by atoms with Crippen molar-refractivity contribution >= 4 is 11.8 Å². The van der Waals surface area contributed by atoms with Crippen LogP contribution in [0.1, 0.15) is 23.9 Å². The van der Waals surface area contributed by atoms with E-state index in [1.54, 1.807) is 17.8 Å². The molecular weight excluding hydrogens is 263 g/mol. The molecule has 4 nitrogen and oxygen atoms in total. The normalized spacial score (nSPS) is 18.3. The highest BCUT2D eigenvalue weighted by atomic mass is 32.2. The van der Waals surface area contributed by atoms with Crippen LogP contribution in [0.4, 0.5) is 4.39 Å². The van der Waals surface area contributed by atoms with Gasteiger partial charge in [0.05, 0.1) is 0 Å². The molecule has 1 unspecified atom stereocenters. The zero-order chi connectivity index (χ0) is 13.1. The van der Waals surface area contributed by atoms with Crippen molar-refractivity contribution in [3.63, 3.8) is 0 Å². The van der Waals surface area contributed by atoms with Crippen molar-refractivity contribution in [3.05, 3.63) is 41.7 Å². The number of H-pyrrole nitrogens is 1. The van der Waals surface area contributed by atoms with Gasteiger partial charge in [0, 0.05) is 23.9 Å². The van der Waals surface area contributed by atoms with Gasteiger partial charge < -0.3 is 5.32 Å². The van der Waals surface area contributed by atoms with Gasteiger partial charge in [-0.15, -0.1) is 11.8 Å². The van der Waals surface area contributed by atoms with Gasteiger partial charge in [-0.1, -0.05) is 12.1 Å². The number of nitrogens with one attached hydrogen (secondary N) is 2. The summed E-state index contributed by atoms with van der Waals surface area (Å²) in [5.41, 5.74) is 1.08. The van der Waals surface area contributed by atoms with Crippen LogP contribution in [0.5, 0.6) is 0 Å². The monoisotopic (exact) mass is 278 g/mol. The van der Waals surface area contributed by atoms with Gasteiger partial charge in [0.1, 0.15) is 18.0 Å². The van der Waals surface area contributed by atoms with Gasteiger partial charge in [-0.05, 0) is 23.8 Å². The summed E-state index contributed by atoms with van der Waals surface area (Å²) >= 11 is 1.61. The second-order valence-corrected chi connectivity index (χ2v) is 5.59. The Hall–Kier alpha value is -1.40. The molecule has 0 saturated heterocycles. The predicted octanol–water partition coefficient (Wildman–Crippen LogP) is 2.31. The first-order valence-electron chi connectivity index (χ1n) is 6.33. The predicted molar refractivity (Wildman–Crippen MR) is 72.6 cm³/mol. The lowest BCUT2D eigenvalue weighted by atomic mass is 10.0. The van der Waals surface area contributed by atoms with Crippen molar-refractivity contribution in [3.8, 4) is 0 Å². The van der Waals surface area contributed by atoms with E-state index in [4.69, 9.17) is 0 Å². The number of aromatic amines is 1. The lowest BCUT2D eigenvalue weighted by Gasteiger charge is -2.26. The van der Waals surface area contributed by atoms with E-state index in [1.165, 1.54) is 12.4 Å². The summed E-state index contributed by atoms with van der Waals surface area (Å²) in [6.45, 7) is 0.806. The number of halogens is 1. The number of fused-ring (bicyclic) bond motifs is 1. The summed E-state index contributed by atoms with van der Waals surface area (Å²) in [7, 11) is 0. The third-order valence-electron chi connectivity index (χ3n) is 3.24. The first kappa shape index (κ1) is 12.6. The van der Waals surface area contributed by atoms with Crippen LogP contribution in [0.15, 0.2) is 29.4 Å². The van der Waals surface area contributed by atoms with Crippen LogP contribution in [-0.4, -0.2) is 27.5 Å². The Balaban J connectivity index is 1.65. The maximum Gasteiger partial charge on any atom is 0.137 e. The number of hydrogen-bond acceptors (Lipinski definition) is 4. The van der Waals surface area contributed by atoms with Crippen LogP contribution >= 0.6 is 11.8 Å². The highest BCUT2D eigenvalue weighted by Gasteiger charge is 2.22. The molecule has 1 aliphatic rings. The van der Waals surface area contributed by atoms with Crippen molar-refractivity contribution in [2.24, 2.45) is 0 Å². The van der Waals surface area contributed by atoms with E-state index in [2.05, 4.69) is 20.5 Å². The van der Waals surface area contributed by atoms with Gasteiger partial charge in [0.2, 0.25) is 0 Å². The average molecular weight is 278 g/mol. The molecule has 2 N–H and O–H groups in total. The van der Waals surface area contributed by atoms with Crippen LogP contribution in [0.2, 0.25) is 0 Å². The van der Waals surface area contributed by atoms with E-state index in [0.717, 1.165) is 41.4 Å². The third kappa shape index (κ3) is 2.79. The number of rotatable bonds is 4. The fourth-order valence-corrected chi connectivity index (χ4v) is 3.46. The smallest absolute Gasteiger partial charge is 0.137 e. The molecule has 100 valence electrons. The number of aromatic nitrogens is 3. The second-order valence-electron chi connectivity index (χ2n) is 4.48. The van der Waals surface area contributed by atoms with E-state index in [0.29, 0.717) is 0 Å². The average Bonchev–Trinajstić information content (AvgIpc) is 2.93. The Bertz CT molecular complexity index is 544. The summed E-state index contributed by atoms with van der Waals surface area (Å²) in [6, 6.07) is 5.56. The molecule has 2 aromatic rings. The van der Waals surface area contributed by atoms with Gasteiger partial charge in [0.25, 0.3) is 0 Å². The molecule has 0 saturated carbocycles. The lowest BCUT2D eigenvalue weighted by Crippen LogP contribution is -2.27. The van der Waals surface area contributed by atoms with Crippen molar-refractivity contribution in [2.45, 2.75) is 23.8 Å². The van der Waals surface area contributed by atoms with Crippen LogP contribution in [0.3, 0.4) is 0 Å². The first-order chi connectivity index (χ1) is 9.34. The van der Waals surface area contributed by atoms with E-state index in [1.807, 2.05) is 6.07 Å². The molecule has 0 amide bonds. The summed E-state index contributed by atoms with van der Waals surface area (Å²) in [5, 5.41) is 10.1. The Morgan fingerprint density at radius 1 is 1.47 bits per heavy atom. The molecule has 1 aromatic heterocycles. The Kier molecular flexibility index (Phi) is 3.79. The maximum absolute atomic E-state index is 13.7. The van der Waals surface area contributed by atoms with E-state index in [9.17, 15) is 4.39 Å². The van der Waals surface area contributed by atoms with Crippen molar-refractivity contribution in [2.75, 3.05) is 12.3 Å². The van der Waals surface area contributed by atoms with Crippen molar-refractivity contribution in [1.82, 2.24) is 20.5 Å². The topological polar surface area (TPSA) is 53.6 Å². The minimum absolute atomic E-state index is 0.107. The molecule has 0 bridgehead atoms. The van der Waals surface area contributed by atoms with Gasteiger partial charge >= 0.3 is 0 Å². The van der Waals surface area contributed by atoms with Crippen LogP contribution in [-0.2, 0) is 6.42 Å². The third-order valence-corrected chi connectivity index (χ3v) is 4.40. The Morgan fingerprint density at radius 3 is 3.26 bits per heavy atom. The van der Waals surface area contributed by atoms with Gasteiger partial charge in [0.15, 0.2) is 0 Å². The number of thioether (sulfide) groups is 1. The molecule has 0 aliphatic carbocycles. The molecule has 2 heterocycles. The van der Waals surface area contributed by atoms with Crippen molar-refractivity contribution in [1.29, 1.82) is 0 Å². The summed E-state index contributed by atoms with van der Waals surface area (Å²) in [5.74, 6) is 1.72. The fraction of sp³-hybridized carbons (Fsp3) is 0.385. The SMILES string of the molecule is Fc1cccc2c1SCCC2NCCc1ncn[nH]1. The molecule has 3 rings (SSSR count). The number of benzene rings is 1. The summed E-state index contributed by atoms with van der Waals surface area (Å²) in [4.78, 5) is 4.88. The van der Waals surface area contributed by atoms with E-state index in [-0.39, 0.29) is 11.9 Å². The van der Waals surface area contributed by atoms with E-state index >= 15 is 0 Å². The molecule has 0 fully saturated rings. The molecule has 1 atom stereocenters. The van der Waals surface area contributed by atoms with Gasteiger partial charge in [-0.2, -0.15) is 5.10 Å². The van der Waals surface area contributed by atoms with Crippen LogP contribution in [0, 0.1) is 5.82 Å². The van der Waals surface area contributed by atoms with E-state index < -0.39 is 0 Å². The highest BCUT2D eigenvalue weighted by Crippen LogP contribution is 2.37. The lowest BCUT2D eigenvalue weighted by molar-refractivity contribution is 0.497. The number of hydrogen-bond donors (Lipinski definition) is 2. The Labute approximate surface area is 115 Å². The minimum atomic E-state index is -0.107. The standard InChI is InChI=1S/C13H15FN4S/c14-10-3-1-2-9-11(5-7-19-13(9)10)15-6-4-12-16-8-17-18-12/h1-3,8,11,15H,4-7H2,(H,16,17,18). The first-order valence-corrected chi connectivity index (χ1v) is 7.32. The second kappa shape index (κ2) is 5.71. The maximum atomic E-state index is 13.7. The Morgan fingerprint density at radius 2 is 2.42 bits per heavy atom. The quantitative estimate of drug-likeness (QED) is 0.901. The fourth-order valence-electron chi connectivity index (χ4n) is 2.31. The molecule has 0 radical (unpaired) electrons. The largest absolute Gasteiger partial charge is 0.309 e. The molecular formula is C13H15FN4S. The zero-order valence-corrected chi connectivity index (χ0v) is 11.2. The summed E-state index contributed by atoms with van der Waals surface area (Å²) in [6.07, 6.45) is 3.34. The van der Waals surface area contributed by atoms with Gasteiger partial charge in [-0.25, -0.2) is 9.37 Å². The van der Waals surface area contributed by atoms with Crippen LogP contribution in [0.25, 0.3) is 0 Å². The van der Waals surface area contributed by atoms with Crippen molar-refractivity contribution < 1.29 is 4.39 Å². The highest BCUT2D eigenvalue weighted by molar-refractivity contribution is 7.99. The molecule has 19 heavy (non-hydrogen) atoms. The van der Waals surface area contributed by atoms with Crippen LogP contribution < -0.4 is 5.32 Å². The summed E-state index contributed by atoms with van der Waals surface area (Å²) < 4.78 is 13.7. The zero-order valence-electron chi connectivity index (χ0n) is 10.4. The number of nitrogens with zero attached hydrogens (tertiary/aromatic N) is 2. The molecule has 0 spiro atoms. The molecule has 1 aliphatic heterocycles. The molecule has 1 aromatic carbocycles. The molecule has 6 heteroatoms. The van der Waals surface area contributed by atoms with Gasteiger partial charge in [-0.3, -0.25) is 5.10 Å².